The van der Waals surface area contributed by atoms with E-state index in [2.05, 4.69) is 4.98 Å². The number of aliphatic carboxylic acids is 1. The molecule has 0 radical (unpaired) electrons. The third kappa shape index (κ3) is 4.77. The van der Waals surface area contributed by atoms with Crippen LogP contribution < -0.4 is 0 Å². The van der Waals surface area contributed by atoms with Gasteiger partial charge in [-0.05, 0) is 18.1 Å². The molecule has 0 spiro atoms. The van der Waals surface area contributed by atoms with Gasteiger partial charge in [-0.15, -0.1) is 11.3 Å². The van der Waals surface area contributed by atoms with Crippen molar-refractivity contribution in [1.82, 2.24) is 9.88 Å². The van der Waals surface area contributed by atoms with Gasteiger partial charge >= 0.3 is 5.97 Å². The lowest BCUT2D eigenvalue weighted by atomic mass is 10.2. The maximum atomic E-state index is 12.5. The Morgan fingerprint density at radius 3 is 2.52 bits per heavy atom. The lowest BCUT2D eigenvalue weighted by Crippen LogP contribution is -2.38. The van der Waals surface area contributed by atoms with Crippen LogP contribution in [0, 0.1) is 5.92 Å². The lowest BCUT2D eigenvalue weighted by Gasteiger charge is -2.21. The molecule has 0 saturated heterocycles. The standard InChI is InChI=1S/C16H17ClN2O3S/c1-10(2)7-19(8-14(20)21)16(22)13-9-23-15(18-13)11-3-5-12(17)6-4-11/h3-6,9-10H,7-8H2,1-2H3,(H,20,21). The SMILES string of the molecule is CC(C)CN(CC(=O)O)C(=O)c1csc(-c2ccc(Cl)cc2)n1. The van der Waals surface area contributed by atoms with E-state index in [0.717, 1.165) is 5.56 Å². The summed E-state index contributed by atoms with van der Waals surface area (Å²) >= 11 is 7.20. The van der Waals surface area contributed by atoms with Gasteiger partial charge < -0.3 is 10.0 Å². The van der Waals surface area contributed by atoms with Gasteiger partial charge in [-0.3, -0.25) is 9.59 Å². The second-order valence-corrected chi connectivity index (χ2v) is 6.81. The van der Waals surface area contributed by atoms with Crippen molar-refractivity contribution < 1.29 is 14.7 Å². The Labute approximate surface area is 143 Å². The van der Waals surface area contributed by atoms with Crippen LogP contribution in [0.15, 0.2) is 29.6 Å². The molecule has 2 aromatic rings. The van der Waals surface area contributed by atoms with Crippen LogP contribution in [0.4, 0.5) is 0 Å². The number of nitrogens with zero attached hydrogens (tertiary/aromatic N) is 2. The Kier molecular flexibility index (Phi) is 5.74. The quantitative estimate of drug-likeness (QED) is 0.861. The first-order chi connectivity index (χ1) is 10.9. The minimum atomic E-state index is -1.04. The molecule has 1 amide bonds. The number of carbonyl (C=O) groups is 2. The van der Waals surface area contributed by atoms with Gasteiger partial charge in [0.15, 0.2) is 0 Å². The Hall–Kier alpha value is -1.92. The zero-order chi connectivity index (χ0) is 17.0. The summed E-state index contributed by atoms with van der Waals surface area (Å²) in [7, 11) is 0. The number of rotatable bonds is 6. The molecule has 1 aromatic carbocycles. The molecule has 0 saturated carbocycles. The molecule has 1 heterocycles. The number of hydrogen-bond donors (Lipinski definition) is 1. The normalized spacial score (nSPS) is 10.8. The average molecular weight is 353 g/mol. The Morgan fingerprint density at radius 2 is 1.96 bits per heavy atom. The van der Waals surface area contributed by atoms with Crippen molar-refractivity contribution in [3.63, 3.8) is 0 Å². The molecule has 23 heavy (non-hydrogen) atoms. The fraction of sp³-hybridized carbons (Fsp3) is 0.312. The van der Waals surface area contributed by atoms with Crippen molar-refractivity contribution in [3.05, 3.63) is 40.4 Å². The van der Waals surface area contributed by atoms with Crippen molar-refractivity contribution >= 4 is 34.8 Å². The molecule has 1 N–H and O–H groups in total. The second-order valence-electron chi connectivity index (χ2n) is 5.52. The summed E-state index contributed by atoms with van der Waals surface area (Å²) in [6, 6.07) is 7.18. The summed E-state index contributed by atoms with van der Waals surface area (Å²) in [5.74, 6) is -1.22. The molecular formula is C16H17ClN2O3S. The zero-order valence-corrected chi connectivity index (χ0v) is 14.4. The van der Waals surface area contributed by atoms with Crippen molar-refractivity contribution in [1.29, 1.82) is 0 Å². The fourth-order valence-electron chi connectivity index (χ4n) is 2.08. The van der Waals surface area contributed by atoms with Gasteiger partial charge in [0, 0.05) is 22.5 Å². The highest BCUT2D eigenvalue weighted by atomic mass is 35.5. The fourth-order valence-corrected chi connectivity index (χ4v) is 3.01. The van der Waals surface area contributed by atoms with Gasteiger partial charge in [0.25, 0.3) is 5.91 Å². The predicted octanol–water partition coefficient (Wildman–Crippen LogP) is 3.65. The van der Waals surface area contributed by atoms with E-state index in [9.17, 15) is 9.59 Å². The van der Waals surface area contributed by atoms with Crippen LogP contribution in [0.25, 0.3) is 10.6 Å². The van der Waals surface area contributed by atoms with E-state index in [1.807, 2.05) is 26.0 Å². The van der Waals surface area contributed by atoms with Gasteiger partial charge in [-0.1, -0.05) is 37.6 Å². The molecule has 0 aliphatic rings. The highest BCUT2D eigenvalue weighted by Crippen LogP contribution is 2.25. The van der Waals surface area contributed by atoms with Crippen molar-refractivity contribution in [3.8, 4) is 10.6 Å². The van der Waals surface area contributed by atoms with Crippen LogP contribution in [0.3, 0.4) is 0 Å². The molecule has 0 atom stereocenters. The van der Waals surface area contributed by atoms with Gasteiger partial charge in [0.05, 0.1) is 0 Å². The highest BCUT2D eigenvalue weighted by Gasteiger charge is 2.22. The molecule has 0 fully saturated rings. The zero-order valence-electron chi connectivity index (χ0n) is 12.8. The highest BCUT2D eigenvalue weighted by molar-refractivity contribution is 7.13. The van der Waals surface area contributed by atoms with Gasteiger partial charge in [-0.25, -0.2) is 4.98 Å². The van der Waals surface area contributed by atoms with Crippen LogP contribution in [-0.4, -0.2) is 40.0 Å². The summed E-state index contributed by atoms with van der Waals surface area (Å²) in [5.41, 5.74) is 1.13. The summed E-state index contributed by atoms with van der Waals surface area (Å²) in [6.07, 6.45) is 0. The Balaban J connectivity index is 2.21. The number of aromatic nitrogens is 1. The van der Waals surface area contributed by atoms with Crippen LogP contribution in [0.5, 0.6) is 0 Å². The third-order valence-electron chi connectivity index (χ3n) is 3.01. The summed E-state index contributed by atoms with van der Waals surface area (Å²) in [4.78, 5) is 29.1. The number of thiazole rings is 1. The molecule has 1 aromatic heterocycles. The largest absolute Gasteiger partial charge is 0.480 e. The van der Waals surface area contributed by atoms with Gasteiger partial charge in [-0.2, -0.15) is 0 Å². The third-order valence-corrected chi connectivity index (χ3v) is 4.16. The number of halogens is 1. The van der Waals surface area contributed by atoms with Crippen LogP contribution in [-0.2, 0) is 4.79 Å². The number of benzene rings is 1. The minimum absolute atomic E-state index is 0.174. The monoisotopic (exact) mass is 352 g/mol. The van der Waals surface area contributed by atoms with E-state index >= 15 is 0 Å². The first kappa shape index (κ1) is 17.4. The topological polar surface area (TPSA) is 70.5 Å². The van der Waals surface area contributed by atoms with E-state index < -0.39 is 5.97 Å². The Bertz CT molecular complexity index is 698. The average Bonchev–Trinajstić information content (AvgIpc) is 2.95. The molecule has 7 heteroatoms. The van der Waals surface area contributed by atoms with Gasteiger partial charge in [0.2, 0.25) is 0 Å². The first-order valence-corrected chi connectivity index (χ1v) is 8.35. The van der Waals surface area contributed by atoms with Crippen LogP contribution in [0.1, 0.15) is 24.3 Å². The number of carbonyl (C=O) groups excluding carboxylic acids is 1. The molecule has 0 unspecified atom stereocenters. The van der Waals surface area contributed by atoms with Crippen LogP contribution >= 0.6 is 22.9 Å². The number of carboxylic acid groups (broad SMARTS) is 1. The number of carboxylic acids is 1. The molecule has 0 aliphatic carbocycles. The van der Waals surface area contributed by atoms with Crippen molar-refractivity contribution in [2.75, 3.05) is 13.1 Å². The van der Waals surface area contributed by atoms with E-state index in [-0.39, 0.29) is 24.1 Å². The maximum Gasteiger partial charge on any atom is 0.323 e. The van der Waals surface area contributed by atoms with Crippen molar-refractivity contribution in [2.24, 2.45) is 5.92 Å². The van der Waals surface area contributed by atoms with Crippen molar-refractivity contribution in [2.45, 2.75) is 13.8 Å². The number of hydrogen-bond acceptors (Lipinski definition) is 4. The van der Waals surface area contributed by atoms with E-state index in [1.165, 1.54) is 16.2 Å². The molecule has 2 rings (SSSR count). The van der Waals surface area contributed by atoms with Crippen LogP contribution in [0.2, 0.25) is 5.02 Å². The van der Waals surface area contributed by atoms with Gasteiger partial charge in [0.1, 0.15) is 17.2 Å². The molecule has 5 nitrogen and oxygen atoms in total. The predicted molar refractivity (Wildman–Crippen MR) is 90.9 cm³/mol. The number of amides is 1. The van der Waals surface area contributed by atoms with E-state index in [4.69, 9.17) is 16.7 Å². The molecule has 0 aliphatic heterocycles. The maximum absolute atomic E-state index is 12.5. The van der Waals surface area contributed by atoms with E-state index in [1.54, 1.807) is 17.5 Å². The Morgan fingerprint density at radius 1 is 1.30 bits per heavy atom. The molecule has 122 valence electrons. The summed E-state index contributed by atoms with van der Waals surface area (Å²) in [5, 5.41) is 12.0. The lowest BCUT2D eigenvalue weighted by molar-refractivity contribution is -0.137. The van der Waals surface area contributed by atoms with E-state index in [0.29, 0.717) is 16.6 Å². The summed E-state index contributed by atoms with van der Waals surface area (Å²) < 4.78 is 0. The smallest absolute Gasteiger partial charge is 0.323 e. The molecule has 0 bridgehead atoms. The first-order valence-electron chi connectivity index (χ1n) is 7.09. The summed E-state index contributed by atoms with van der Waals surface area (Å²) in [6.45, 7) is 3.91. The minimum Gasteiger partial charge on any atom is -0.480 e. The second kappa shape index (κ2) is 7.57. The molecular weight excluding hydrogens is 336 g/mol.